The van der Waals surface area contributed by atoms with E-state index in [2.05, 4.69) is 36.4 Å². The molecule has 3 saturated heterocycles. The molecule has 0 radical (unpaired) electrons. The first-order valence-corrected chi connectivity index (χ1v) is 13.2. The minimum atomic E-state index is -0.148. The van der Waals surface area contributed by atoms with Crippen LogP contribution in [0.5, 0.6) is 0 Å². The van der Waals surface area contributed by atoms with Gasteiger partial charge in [-0.1, -0.05) is 42.5 Å². The van der Waals surface area contributed by atoms with Crippen LogP contribution in [-0.4, -0.2) is 50.1 Å². The second kappa shape index (κ2) is 11.8. The van der Waals surface area contributed by atoms with E-state index in [-0.39, 0.29) is 48.7 Å². The summed E-state index contributed by atoms with van der Waals surface area (Å²) in [6.07, 6.45) is 13.4. The number of carbonyl (C=O) groups is 1. The van der Waals surface area contributed by atoms with Gasteiger partial charge in [0.05, 0.1) is 18.6 Å². The van der Waals surface area contributed by atoms with Gasteiger partial charge >= 0.3 is 5.97 Å². The molecule has 1 aromatic carbocycles. The van der Waals surface area contributed by atoms with Gasteiger partial charge in [0.15, 0.2) is 12.6 Å². The summed E-state index contributed by atoms with van der Waals surface area (Å²) in [5, 5.41) is 0. The van der Waals surface area contributed by atoms with Crippen LogP contribution in [0.4, 0.5) is 0 Å². The third kappa shape index (κ3) is 6.28. The number of esters is 1. The van der Waals surface area contributed by atoms with Gasteiger partial charge in [0.25, 0.3) is 0 Å². The molecule has 1 aliphatic carbocycles. The quantitative estimate of drug-likeness (QED) is 0.376. The molecule has 0 spiro atoms. The van der Waals surface area contributed by atoms with Crippen LogP contribution in [0.3, 0.4) is 0 Å². The molecule has 3 aliphatic heterocycles. The molecule has 3 heterocycles. The Hall–Kier alpha value is -1.73. The van der Waals surface area contributed by atoms with Crippen molar-refractivity contribution in [1.29, 1.82) is 0 Å². The molecule has 6 nitrogen and oxygen atoms in total. The lowest BCUT2D eigenvalue weighted by atomic mass is 9.91. The van der Waals surface area contributed by atoms with Crippen LogP contribution in [0.25, 0.3) is 0 Å². The topological polar surface area (TPSA) is 63.2 Å². The Morgan fingerprint density at radius 3 is 2.50 bits per heavy atom. The number of carbonyl (C=O) groups excluding carboxylic acids is 1. The van der Waals surface area contributed by atoms with E-state index in [1.165, 1.54) is 5.56 Å². The lowest BCUT2D eigenvalue weighted by Crippen LogP contribution is -2.31. The fourth-order valence-corrected chi connectivity index (χ4v) is 5.75. The highest BCUT2D eigenvalue weighted by Gasteiger charge is 2.50. The zero-order chi connectivity index (χ0) is 23.2. The average Bonchev–Trinajstić information content (AvgIpc) is 3.38. The molecule has 7 atom stereocenters. The van der Waals surface area contributed by atoms with Crippen molar-refractivity contribution in [2.24, 2.45) is 11.8 Å². The SMILES string of the molecule is O=C1CC2C(CC(OC3CCCCO3)C2/C=C/[C@H](CCc2ccccc2)OC2CCCCO2)O1. The minimum absolute atomic E-state index is 0.00292. The summed E-state index contributed by atoms with van der Waals surface area (Å²) in [7, 11) is 0. The number of aryl methyl sites for hydroxylation is 1. The van der Waals surface area contributed by atoms with Crippen LogP contribution in [-0.2, 0) is 34.9 Å². The number of hydrogen-bond donors (Lipinski definition) is 0. The maximum absolute atomic E-state index is 12.0. The molecule has 4 aliphatic rings. The molecular weight excluding hydrogens is 432 g/mol. The fraction of sp³-hybridized carbons (Fsp3) is 0.679. The maximum Gasteiger partial charge on any atom is 0.306 e. The molecule has 6 heteroatoms. The van der Waals surface area contributed by atoms with Gasteiger partial charge in [-0.05, 0) is 56.9 Å². The molecular formula is C28H38O6. The van der Waals surface area contributed by atoms with Crippen molar-refractivity contribution in [3.63, 3.8) is 0 Å². The fourth-order valence-electron chi connectivity index (χ4n) is 5.75. The molecule has 6 unspecified atom stereocenters. The second-order valence-corrected chi connectivity index (χ2v) is 10.1. The summed E-state index contributed by atoms with van der Waals surface area (Å²) in [6, 6.07) is 10.5. The summed E-state index contributed by atoms with van der Waals surface area (Å²) >= 11 is 0. The van der Waals surface area contributed by atoms with Gasteiger partial charge in [-0.25, -0.2) is 0 Å². The number of ether oxygens (including phenoxy) is 5. The van der Waals surface area contributed by atoms with Gasteiger partial charge in [0.1, 0.15) is 6.10 Å². The maximum atomic E-state index is 12.0. The van der Waals surface area contributed by atoms with Gasteiger partial charge < -0.3 is 23.7 Å². The predicted octanol–water partition coefficient (Wildman–Crippen LogP) is 4.95. The van der Waals surface area contributed by atoms with Gasteiger partial charge in [-0.3, -0.25) is 4.79 Å². The molecule has 186 valence electrons. The number of fused-ring (bicyclic) bond motifs is 1. The van der Waals surface area contributed by atoms with Crippen LogP contribution >= 0.6 is 0 Å². The second-order valence-electron chi connectivity index (χ2n) is 10.1. The van der Waals surface area contributed by atoms with E-state index in [4.69, 9.17) is 23.7 Å². The van der Waals surface area contributed by atoms with Crippen molar-refractivity contribution in [3.05, 3.63) is 48.0 Å². The summed E-state index contributed by atoms with van der Waals surface area (Å²) < 4.78 is 30.2. The van der Waals surface area contributed by atoms with Crippen molar-refractivity contribution >= 4 is 5.97 Å². The third-order valence-electron chi connectivity index (χ3n) is 7.59. The predicted molar refractivity (Wildman–Crippen MR) is 127 cm³/mol. The zero-order valence-corrected chi connectivity index (χ0v) is 20.0. The number of benzene rings is 1. The Kier molecular flexibility index (Phi) is 8.33. The molecule has 0 amide bonds. The van der Waals surface area contributed by atoms with Gasteiger partial charge in [-0.15, -0.1) is 0 Å². The number of rotatable bonds is 9. The Bertz CT molecular complexity index is 798. The Morgan fingerprint density at radius 1 is 1.00 bits per heavy atom. The van der Waals surface area contributed by atoms with E-state index in [9.17, 15) is 4.79 Å². The Labute approximate surface area is 202 Å². The Balaban J connectivity index is 1.27. The Morgan fingerprint density at radius 2 is 1.76 bits per heavy atom. The third-order valence-corrected chi connectivity index (χ3v) is 7.59. The molecule has 34 heavy (non-hydrogen) atoms. The molecule has 0 aromatic heterocycles. The van der Waals surface area contributed by atoms with E-state index in [0.29, 0.717) is 6.42 Å². The van der Waals surface area contributed by atoms with Crippen LogP contribution in [0.2, 0.25) is 0 Å². The summed E-state index contributed by atoms with van der Waals surface area (Å²) in [6.45, 7) is 1.53. The summed E-state index contributed by atoms with van der Waals surface area (Å²) in [5.41, 5.74) is 1.31. The highest BCUT2D eigenvalue weighted by molar-refractivity contribution is 5.72. The monoisotopic (exact) mass is 470 g/mol. The lowest BCUT2D eigenvalue weighted by Gasteiger charge is -2.29. The van der Waals surface area contributed by atoms with Crippen molar-refractivity contribution in [1.82, 2.24) is 0 Å². The molecule has 5 rings (SSSR count). The molecule has 0 N–H and O–H groups in total. The molecule has 1 aromatic rings. The van der Waals surface area contributed by atoms with Crippen molar-refractivity contribution in [2.75, 3.05) is 13.2 Å². The molecule has 4 fully saturated rings. The first-order valence-electron chi connectivity index (χ1n) is 13.2. The first kappa shape index (κ1) is 24.0. The molecule has 0 bridgehead atoms. The first-order chi connectivity index (χ1) is 16.7. The van der Waals surface area contributed by atoms with E-state index >= 15 is 0 Å². The average molecular weight is 471 g/mol. The van der Waals surface area contributed by atoms with Gasteiger partial charge in [0, 0.05) is 31.5 Å². The van der Waals surface area contributed by atoms with Crippen LogP contribution in [0.15, 0.2) is 42.5 Å². The number of hydrogen-bond acceptors (Lipinski definition) is 6. The van der Waals surface area contributed by atoms with Crippen molar-refractivity contribution in [2.45, 2.75) is 95.1 Å². The normalized spacial score (nSPS) is 34.8. The standard InChI is InChI=1S/C28H38O6/c29-26-18-23-22(24(19-25(23)33-26)34-28-11-5-7-17-31-28)15-14-21(32-27-10-4-6-16-30-27)13-12-20-8-2-1-3-9-20/h1-3,8-9,14-15,21-25,27-28H,4-7,10-13,16-19H2/b15-14+/t21-,22?,23?,24?,25?,27?,28?/m0/s1. The summed E-state index contributed by atoms with van der Waals surface area (Å²) in [5.74, 6) is 0.198. The van der Waals surface area contributed by atoms with E-state index in [0.717, 1.165) is 71.0 Å². The van der Waals surface area contributed by atoms with Crippen molar-refractivity contribution in [3.8, 4) is 0 Å². The highest BCUT2D eigenvalue weighted by Crippen LogP contribution is 2.44. The highest BCUT2D eigenvalue weighted by atomic mass is 16.7. The lowest BCUT2D eigenvalue weighted by molar-refractivity contribution is -0.194. The van der Waals surface area contributed by atoms with Crippen LogP contribution < -0.4 is 0 Å². The smallest absolute Gasteiger partial charge is 0.306 e. The van der Waals surface area contributed by atoms with Gasteiger partial charge in [0.2, 0.25) is 0 Å². The van der Waals surface area contributed by atoms with E-state index in [1.807, 2.05) is 6.07 Å². The van der Waals surface area contributed by atoms with E-state index < -0.39 is 0 Å². The largest absolute Gasteiger partial charge is 0.462 e. The molecule has 1 saturated carbocycles. The summed E-state index contributed by atoms with van der Waals surface area (Å²) in [4.78, 5) is 12.0. The van der Waals surface area contributed by atoms with Crippen LogP contribution in [0, 0.1) is 11.8 Å². The van der Waals surface area contributed by atoms with Crippen LogP contribution in [0.1, 0.15) is 63.4 Å². The van der Waals surface area contributed by atoms with E-state index in [1.54, 1.807) is 0 Å². The minimum Gasteiger partial charge on any atom is -0.462 e. The van der Waals surface area contributed by atoms with Crippen molar-refractivity contribution < 1.29 is 28.5 Å². The zero-order valence-electron chi connectivity index (χ0n) is 20.0. The van der Waals surface area contributed by atoms with Gasteiger partial charge in [-0.2, -0.15) is 0 Å².